The highest BCUT2D eigenvalue weighted by Crippen LogP contribution is 2.36. The molecule has 29 heavy (non-hydrogen) atoms. The van der Waals surface area contributed by atoms with Crippen LogP contribution in [0.25, 0.3) is 21.3 Å². The molecule has 0 saturated heterocycles. The number of hydrogen-bond acceptors (Lipinski definition) is 5. The molecule has 0 unspecified atom stereocenters. The van der Waals surface area contributed by atoms with Gasteiger partial charge in [-0.25, -0.2) is 14.1 Å². The van der Waals surface area contributed by atoms with E-state index < -0.39 is 11.4 Å². The summed E-state index contributed by atoms with van der Waals surface area (Å²) in [6.07, 6.45) is 0.995. The second-order valence-corrected chi connectivity index (χ2v) is 8.07. The monoisotopic (exact) mass is 429 g/mol. The molecule has 0 aliphatic carbocycles. The van der Waals surface area contributed by atoms with Gasteiger partial charge in [0.25, 0.3) is 5.56 Å². The van der Waals surface area contributed by atoms with E-state index in [1.54, 1.807) is 23.8 Å². The largest absolute Gasteiger partial charge is 0.505 e. The Morgan fingerprint density at radius 1 is 1.21 bits per heavy atom. The van der Waals surface area contributed by atoms with Crippen molar-refractivity contribution in [2.24, 2.45) is 7.05 Å². The molecular weight excluding hydrogens is 413 g/mol. The number of aromatic nitrogens is 3. The SMILES string of the molecule is Cc1nn(C)c(=O)c(-c2c(F)ccc(Cl)c2CCc2ccc3ncsc3c2)c1O. The van der Waals surface area contributed by atoms with Crippen molar-refractivity contribution in [2.75, 3.05) is 0 Å². The molecule has 0 atom stereocenters. The van der Waals surface area contributed by atoms with Crippen LogP contribution in [-0.2, 0) is 19.9 Å². The van der Waals surface area contributed by atoms with Crippen LogP contribution in [-0.4, -0.2) is 19.9 Å². The van der Waals surface area contributed by atoms with Gasteiger partial charge in [-0.3, -0.25) is 4.79 Å². The van der Waals surface area contributed by atoms with Gasteiger partial charge in [-0.15, -0.1) is 11.3 Å². The zero-order valence-corrected chi connectivity index (χ0v) is 17.3. The average molecular weight is 430 g/mol. The van der Waals surface area contributed by atoms with Gasteiger partial charge in [0.05, 0.1) is 21.3 Å². The normalized spacial score (nSPS) is 11.3. The van der Waals surface area contributed by atoms with Crippen molar-refractivity contribution >= 4 is 33.2 Å². The number of aromatic hydroxyl groups is 1. The molecule has 148 valence electrons. The maximum atomic E-state index is 14.9. The van der Waals surface area contributed by atoms with Crippen LogP contribution in [0.4, 0.5) is 4.39 Å². The van der Waals surface area contributed by atoms with Crippen molar-refractivity contribution in [3.05, 3.63) is 73.9 Å². The number of nitrogens with zero attached hydrogens (tertiary/aromatic N) is 3. The molecule has 0 spiro atoms. The van der Waals surface area contributed by atoms with Gasteiger partial charge in [0.1, 0.15) is 11.5 Å². The Morgan fingerprint density at radius 3 is 2.79 bits per heavy atom. The minimum Gasteiger partial charge on any atom is -0.505 e. The van der Waals surface area contributed by atoms with Gasteiger partial charge in [-0.2, -0.15) is 5.10 Å². The highest BCUT2D eigenvalue weighted by Gasteiger charge is 2.23. The molecule has 0 amide bonds. The van der Waals surface area contributed by atoms with Crippen LogP contribution in [0.2, 0.25) is 5.02 Å². The van der Waals surface area contributed by atoms with Crippen LogP contribution >= 0.6 is 22.9 Å². The Labute approximate surface area is 175 Å². The Morgan fingerprint density at radius 2 is 2.00 bits per heavy atom. The highest BCUT2D eigenvalue weighted by molar-refractivity contribution is 7.16. The maximum Gasteiger partial charge on any atom is 0.278 e. The maximum absolute atomic E-state index is 14.9. The molecule has 1 N–H and O–H groups in total. The zero-order valence-electron chi connectivity index (χ0n) is 15.7. The van der Waals surface area contributed by atoms with E-state index in [4.69, 9.17) is 11.6 Å². The molecule has 0 radical (unpaired) electrons. The molecule has 8 heteroatoms. The van der Waals surface area contributed by atoms with Crippen LogP contribution in [0.15, 0.2) is 40.6 Å². The van der Waals surface area contributed by atoms with Crippen molar-refractivity contribution in [2.45, 2.75) is 19.8 Å². The number of aryl methyl sites for hydroxylation is 3. The van der Waals surface area contributed by atoms with Crippen LogP contribution in [0.3, 0.4) is 0 Å². The molecule has 4 aromatic rings. The fraction of sp³-hybridized carbons (Fsp3) is 0.190. The third kappa shape index (κ3) is 3.52. The quantitative estimate of drug-likeness (QED) is 0.512. The van der Waals surface area contributed by atoms with Crippen molar-refractivity contribution in [3.8, 4) is 16.9 Å². The molecule has 2 aromatic heterocycles. The molecule has 0 bridgehead atoms. The third-order valence-corrected chi connectivity index (χ3v) is 6.05. The standard InChI is InChI=1S/C21H17ClFN3O2S/c1-11-20(27)19(21(28)26(2)25-11)18-13(14(22)6-7-15(18)23)5-3-12-4-8-16-17(9-12)29-10-24-16/h4,6-10,27H,3,5H2,1-2H3. The third-order valence-electron chi connectivity index (χ3n) is 4.90. The van der Waals surface area contributed by atoms with E-state index in [0.717, 1.165) is 20.5 Å². The first kappa shape index (κ1) is 19.5. The van der Waals surface area contributed by atoms with Crippen LogP contribution in [0, 0.1) is 12.7 Å². The molecule has 0 aliphatic heterocycles. The summed E-state index contributed by atoms with van der Waals surface area (Å²) < 4.78 is 17.0. The summed E-state index contributed by atoms with van der Waals surface area (Å²) in [5.41, 5.74) is 3.83. The lowest BCUT2D eigenvalue weighted by Crippen LogP contribution is -2.23. The van der Waals surface area contributed by atoms with E-state index in [1.807, 2.05) is 18.2 Å². The number of fused-ring (bicyclic) bond motifs is 1. The lowest BCUT2D eigenvalue weighted by Gasteiger charge is -2.15. The van der Waals surface area contributed by atoms with E-state index in [-0.39, 0.29) is 22.6 Å². The van der Waals surface area contributed by atoms with Gasteiger partial charge >= 0.3 is 0 Å². The van der Waals surface area contributed by atoms with Crippen LogP contribution in [0.5, 0.6) is 5.75 Å². The topological polar surface area (TPSA) is 68.0 Å². The van der Waals surface area contributed by atoms with Gasteiger partial charge in [0, 0.05) is 17.6 Å². The van der Waals surface area contributed by atoms with Crippen molar-refractivity contribution in [1.29, 1.82) is 0 Å². The summed E-state index contributed by atoms with van der Waals surface area (Å²) in [6, 6.07) is 8.65. The van der Waals surface area contributed by atoms with Gasteiger partial charge in [0.15, 0.2) is 5.75 Å². The van der Waals surface area contributed by atoms with Gasteiger partial charge in [-0.1, -0.05) is 17.7 Å². The summed E-state index contributed by atoms with van der Waals surface area (Å²) in [6.45, 7) is 1.56. The fourth-order valence-corrected chi connectivity index (χ4v) is 4.41. The van der Waals surface area contributed by atoms with Crippen LogP contribution < -0.4 is 5.56 Å². The summed E-state index contributed by atoms with van der Waals surface area (Å²) in [4.78, 5) is 16.9. The van der Waals surface area contributed by atoms with Crippen molar-refractivity contribution in [3.63, 3.8) is 0 Å². The minimum atomic E-state index is -0.611. The Hall–Kier alpha value is -2.77. The lowest BCUT2D eigenvalue weighted by molar-refractivity contribution is 0.460. The molecule has 0 fully saturated rings. The number of halogens is 2. The predicted molar refractivity (Wildman–Crippen MR) is 113 cm³/mol. The Bertz CT molecular complexity index is 1300. The number of benzene rings is 2. The molecule has 5 nitrogen and oxygen atoms in total. The Balaban J connectivity index is 1.81. The number of hydrogen-bond donors (Lipinski definition) is 1. The smallest absolute Gasteiger partial charge is 0.278 e. The van der Waals surface area contributed by atoms with Crippen molar-refractivity contribution < 1.29 is 9.50 Å². The fourth-order valence-electron chi connectivity index (χ4n) is 3.42. The van der Waals surface area contributed by atoms with Gasteiger partial charge < -0.3 is 5.11 Å². The average Bonchev–Trinajstić information content (AvgIpc) is 3.16. The van der Waals surface area contributed by atoms with E-state index in [9.17, 15) is 14.3 Å². The number of thiazole rings is 1. The predicted octanol–water partition coefficient (Wildman–Crippen LogP) is 4.65. The summed E-state index contributed by atoms with van der Waals surface area (Å²) in [5, 5.41) is 14.8. The zero-order chi connectivity index (χ0) is 20.7. The lowest BCUT2D eigenvalue weighted by atomic mass is 9.94. The second kappa shape index (κ2) is 7.57. The molecule has 2 aromatic carbocycles. The van der Waals surface area contributed by atoms with E-state index in [1.165, 1.54) is 19.2 Å². The first-order valence-corrected chi connectivity index (χ1v) is 10.2. The number of rotatable bonds is 4. The summed E-state index contributed by atoms with van der Waals surface area (Å²) >= 11 is 7.95. The molecule has 2 heterocycles. The van der Waals surface area contributed by atoms with Gasteiger partial charge in [0.2, 0.25) is 0 Å². The molecule has 4 rings (SSSR count). The minimum absolute atomic E-state index is 0.0277. The summed E-state index contributed by atoms with van der Waals surface area (Å²) in [5.74, 6) is -0.943. The van der Waals surface area contributed by atoms with E-state index in [0.29, 0.717) is 23.4 Å². The van der Waals surface area contributed by atoms with Crippen LogP contribution in [0.1, 0.15) is 16.8 Å². The van der Waals surface area contributed by atoms with E-state index >= 15 is 0 Å². The first-order valence-electron chi connectivity index (χ1n) is 8.93. The summed E-state index contributed by atoms with van der Waals surface area (Å²) in [7, 11) is 1.46. The first-order chi connectivity index (χ1) is 13.9. The van der Waals surface area contributed by atoms with Crippen molar-refractivity contribution in [1.82, 2.24) is 14.8 Å². The second-order valence-electron chi connectivity index (χ2n) is 6.77. The van der Waals surface area contributed by atoms with E-state index in [2.05, 4.69) is 10.1 Å². The van der Waals surface area contributed by atoms with Gasteiger partial charge in [-0.05, 0) is 55.2 Å². The molecule has 0 saturated carbocycles. The highest BCUT2D eigenvalue weighted by atomic mass is 35.5. The molecular formula is C21H17ClFN3O2S. The Kier molecular flexibility index (Phi) is 5.10. The molecule has 0 aliphatic rings.